The summed E-state index contributed by atoms with van der Waals surface area (Å²) in [5.41, 5.74) is -1.13. The van der Waals surface area contributed by atoms with Crippen molar-refractivity contribution in [3.05, 3.63) is 0 Å². The summed E-state index contributed by atoms with van der Waals surface area (Å²) in [5.74, 6) is -0.803. The van der Waals surface area contributed by atoms with Crippen molar-refractivity contribution in [1.29, 1.82) is 0 Å². The van der Waals surface area contributed by atoms with Gasteiger partial charge in [-0.05, 0) is 27.3 Å². The lowest BCUT2D eigenvalue weighted by Crippen LogP contribution is -2.48. The molecular formula is C14H25NO4. The highest BCUT2D eigenvalue weighted by Crippen LogP contribution is 2.35. The number of carbonyl (C=O) groups is 2. The van der Waals surface area contributed by atoms with E-state index in [4.69, 9.17) is 9.47 Å². The first-order valence-corrected chi connectivity index (χ1v) is 6.74. The van der Waals surface area contributed by atoms with Crippen molar-refractivity contribution in [2.75, 3.05) is 13.7 Å². The number of rotatable bonds is 5. The second kappa shape index (κ2) is 5.49. The molecular weight excluding hydrogens is 246 g/mol. The van der Waals surface area contributed by atoms with Gasteiger partial charge in [0.25, 0.3) is 0 Å². The average Bonchev–Trinajstić information content (AvgIpc) is 2.63. The topological polar surface area (TPSA) is 64.6 Å². The molecule has 0 radical (unpaired) electrons. The maximum atomic E-state index is 12.4. The molecule has 1 fully saturated rings. The molecule has 0 aliphatic carbocycles. The molecule has 0 aromatic rings. The second-order valence-corrected chi connectivity index (χ2v) is 6.16. The van der Waals surface area contributed by atoms with Gasteiger partial charge in [-0.15, -0.1) is 0 Å². The number of esters is 2. The van der Waals surface area contributed by atoms with Crippen LogP contribution in [0, 0.1) is 10.8 Å². The van der Waals surface area contributed by atoms with Crippen molar-refractivity contribution in [3.8, 4) is 0 Å². The van der Waals surface area contributed by atoms with Crippen LogP contribution in [0.1, 0.15) is 41.0 Å². The van der Waals surface area contributed by atoms with E-state index >= 15 is 0 Å². The minimum Gasteiger partial charge on any atom is -0.462 e. The van der Waals surface area contributed by atoms with Crippen LogP contribution in [0.2, 0.25) is 0 Å². The average molecular weight is 271 g/mol. The lowest BCUT2D eigenvalue weighted by Gasteiger charge is -2.34. The van der Waals surface area contributed by atoms with E-state index in [1.165, 1.54) is 0 Å². The van der Waals surface area contributed by atoms with Crippen LogP contribution in [-0.4, -0.2) is 37.7 Å². The fraction of sp³-hybridized carbons (Fsp3) is 0.857. The Bertz CT molecular complexity index is 366. The van der Waals surface area contributed by atoms with Crippen molar-refractivity contribution in [1.82, 2.24) is 5.32 Å². The summed E-state index contributed by atoms with van der Waals surface area (Å²) < 4.78 is 10.4. The third kappa shape index (κ3) is 2.91. The molecule has 5 nitrogen and oxygen atoms in total. The highest BCUT2D eigenvalue weighted by atomic mass is 16.6. The summed E-state index contributed by atoms with van der Waals surface area (Å²) in [6, 6.07) is -0.0365. The molecule has 1 saturated heterocycles. The third-order valence-electron chi connectivity index (χ3n) is 4.32. The van der Waals surface area contributed by atoms with Gasteiger partial charge in [-0.2, -0.15) is 0 Å². The van der Waals surface area contributed by atoms with Crippen molar-refractivity contribution in [3.63, 3.8) is 0 Å². The molecule has 0 saturated carbocycles. The Balaban J connectivity index is 2.86. The number of hydrogen-bond donors (Lipinski definition) is 1. The van der Waals surface area contributed by atoms with Crippen LogP contribution in [0.4, 0.5) is 0 Å². The van der Waals surface area contributed by atoms with E-state index in [2.05, 4.69) is 5.32 Å². The van der Waals surface area contributed by atoms with Crippen molar-refractivity contribution >= 4 is 11.9 Å². The van der Waals surface area contributed by atoms with E-state index in [0.717, 1.165) is 0 Å². The van der Waals surface area contributed by atoms with Gasteiger partial charge in [0.15, 0.2) is 0 Å². The molecule has 0 aromatic carbocycles. The molecule has 1 N–H and O–H groups in total. The fourth-order valence-electron chi connectivity index (χ4n) is 2.12. The summed E-state index contributed by atoms with van der Waals surface area (Å²) in [7, 11) is 1.81. The number of carbonyl (C=O) groups excluding carboxylic acids is 2. The summed E-state index contributed by atoms with van der Waals surface area (Å²) in [6.07, 6.45) is -0.175. The summed E-state index contributed by atoms with van der Waals surface area (Å²) in [6.45, 7) is 9.73. The summed E-state index contributed by atoms with van der Waals surface area (Å²) >= 11 is 0. The van der Waals surface area contributed by atoms with Crippen LogP contribution in [0.25, 0.3) is 0 Å². The van der Waals surface area contributed by atoms with Crippen LogP contribution >= 0.6 is 0 Å². The Kier molecular flexibility index (Phi) is 4.61. The number of ether oxygens (including phenoxy) is 2. The molecule has 5 heteroatoms. The van der Waals surface area contributed by atoms with Gasteiger partial charge in [-0.1, -0.05) is 20.8 Å². The van der Waals surface area contributed by atoms with Gasteiger partial charge in [0.2, 0.25) is 6.10 Å². The lowest BCUT2D eigenvalue weighted by molar-refractivity contribution is -0.172. The summed E-state index contributed by atoms with van der Waals surface area (Å²) in [4.78, 5) is 24.1. The van der Waals surface area contributed by atoms with Gasteiger partial charge in [-0.3, -0.25) is 4.79 Å². The molecule has 0 amide bonds. The van der Waals surface area contributed by atoms with Gasteiger partial charge in [0.05, 0.1) is 5.41 Å². The molecule has 3 unspecified atom stereocenters. The standard InChI is InChI=1S/C14H25NO4/c1-7-14(5,9(2)15-6)12(17)19-10-11(16)18-8-13(10,3)4/h9-10,15H,7-8H2,1-6H3. The van der Waals surface area contributed by atoms with E-state index < -0.39 is 22.9 Å². The lowest BCUT2D eigenvalue weighted by atomic mass is 9.80. The highest BCUT2D eigenvalue weighted by Gasteiger charge is 2.49. The highest BCUT2D eigenvalue weighted by molar-refractivity contribution is 5.84. The van der Waals surface area contributed by atoms with Gasteiger partial charge >= 0.3 is 11.9 Å². The second-order valence-electron chi connectivity index (χ2n) is 6.16. The van der Waals surface area contributed by atoms with E-state index in [1.54, 1.807) is 7.05 Å². The molecule has 1 aliphatic rings. The molecule has 19 heavy (non-hydrogen) atoms. The first kappa shape index (κ1) is 16.0. The maximum Gasteiger partial charge on any atom is 0.348 e. The van der Waals surface area contributed by atoms with Gasteiger partial charge < -0.3 is 14.8 Å². The van der Waals surface area contributed by atoms with Crippen LogP contribution < -0.4 is 5.32 Å². The van der Waals surface area contributed by atoms with E-state index in [9.17, 15) is 9.59 Å². The fourth-order valence-corrected chi connectivity index (χ4v) is 2.12. The molecule has 1 aliphatic heterocycles. The Morgan fingerprint density at radius 1 is 1.63 bits per heavy atom. The molecule has 1 rings (SSSR count). The van der Waals surface area contributed by atoms with Crippen LogP contribution in [0.15, 0.2) is 0 Å². The minimum absolute atomic E-state index is 0.0365. The Morgan fingerprint density at radius 2 is 2.21 bits per heavy atom. The normalized spacial score (nSPS) is 26.4. The van der Waals surface area contributed by atoms with Gasteiger partial charge in [0, 0.05) is 11.5 Å². The van der Waals surface area contributed by atoms with Crippen molar-refractivity contribution in [2.24, 2.45) is 10.8 Å². The molecule has 1 heterocycles. The molecule has 0 bridgehead atoms. The Hall–Kier alpha value is -1.10. The Labute approximate surface area is 115 Å². The number of hydrogen-bond acceptors (Lipinski definition) is 5. The van der Waals surface area contributed by atoms with Crippen LogP contribution in [0.5, 0.6) is 0 Å². The first-order chi connectivity index (χ1) is 8.69. The SMILES string of the molecule is CCC(C)(C(=O)OC1C(=O)OCC1(C)C)C(C)NC. The minimum atomic E-state index is -0.810. The largest absolute Gasteiger partial charge is 0.462 e. The van der Waals surface area contributed by atoms with Gasteiger partial charge in [-0.25, -0.2) is 4.79 Å². The van der Waals surface area contributed by atoms with E-state index in [0.29, 0.717) is 6.42 Å². The van der Waals surface area contributed by atoms with E-state index in [1.807, 2.05) is 34.6 Å². The molecule has 0 aromatic heterocycles. The quantitative estimate of drug-likeness (QED) is 0.768. The number of nitrogens with one attached hydrogen (secondary N) is 1. The van der Waals surface area contributed by atoms with Crippen molar-refractivity contribution < 1.29 is 19.1 Å². The predicted octanol–water partition coefficient (Wildman–Crippen LogP) is 1.51. The smallest absolute Gasteiger partial charge is 0.348 e. The molecule has 0 spiro atoms. The third-order valence-corrected chi connectivity index (χ3v) is 4.32. The zero-order valence-electron chi connectivity index (χ0n) is 12.7. The first-order valence-electron chi connectivity index (χ1n) is 6.74. The maximum absolute atomic E-state index is 12.4. The molecule has 110 valence electrons. The van der Waals surface area contributed by atoms with Gasteiger partial charge in [0.1, 0.15) is 6.61 Å². The molecule has 3 atom stereocenters. The van der Waals surface area contributed by atoms with Crippen LogP contribution in [0.3, 0.4) is 0 Å². The zero-order chi connectivity index (χ0) is 14.8. The number of cyclic esters (lactones) is 1. The van der Waals surface area contributed by atoms with E-state index in [-0.39, 0.29) is 18.6 Å². The monoisotopic (exact) mass is 271 g/mol. The zero-order valence-corrected chi connectivity index (χ0v) is 12.7. The van der Waals surface area contributed by atoms with Crippen LogP contribution in [-0.2, 0) is 19.1 Å². The predicted molar refractivity (Wildman–Crippen MR) is 71.5 cm³/mol. The summed E-state index contributed by atoms with van der Waals surface area (Å²) in [5, 5.41) is 3.08. The van der Waals surface area contributed by atoms with Crippen molar-refractivity contribution in [2.45, 2.75) is 53.2 Å². The Morgan fingerprint density at radius 3 is 2.58 bits per heavy atom.